The number of hydrogen-bond acceptors (Lipinski definition) is 8. The number of benzene rings is 1. The Morgan fingerprint density at radius 2 is 2.11 bits per heavy atom. The Morgan fingerprint density at radius 1 is 1.34 bits per heavy atom. The van der Waals surface area contributed by atoms with Crippen LogP contribution in [0.5, 0.6) is 0 Å². The van der Waals surface area contributed by atoms with Crippen molar-refractivity contribution in [3.8, 4) is 0 Å². The molecule has 0 spiro atoms. The summed E-state index contributed by atoms with van der Waals surface area (Å²) in [6, 6.07) is 5.29. The number of carbonyl (C=O) groups is 3. The van der Waals surface area contributed by atoms with Gasteiger partial charge in [-0.2, -0.15) is 0 Å². The monoisotopic (exact) mass is 486 g/mol. The number of hydrazine groups is 1. The zero-order valence-corrected chi connectivity index (χ0v) is 20.0. The minimum atomic E-state index is -1.15. The van der Waals surface area contributed by atoms with Gasteiger partial charge >= 0.3 is 12.1 Å². The first-order valence-electron chi connectivity index (χ1n) is 11.3. The third-order valence-electron chi connectivity index (χ3n) is 5.52. The Morgan fingerprint density at radius 3 is 2.77 bits per heavy atom. The minimum absolute atomic E-state index is 0.188. The number of hydrogen-bond donors (Lipinski definition) is 4. The van der Waals surface area contributed by atoms with E-state index in [1.54, 1.807) is 30.7 Å². The molecule has 1 atom stereocenters. The SMILES string of the molecule is CCC(C)OC(=O)N(CCC(=O)O)NC(=O)c1cn(C)c2cc(CNC3=NCCN3)ccc2c1=O. The largest absolute Gasteiger partial charge is 0.481 e. The molecule has 0 saturated carbocycles. The molecule has 0 radical (unpaired) electrons. The molecule has 2 amide bonds. The molecule has 0 saturated heterocycles. The van der Waals surface area contributed by atoms with Gasteiger partial charge in [0.25, 0.3) is 5.91 Å². The zero-order valence-electron chi connectivity index (χ0n) is 20.0. The first kappa shape index (κ1) is 25.5. The highest BCUT2D eigenvalue weighted by molar-refractivity contribution is 5.98. The number of carbonyl (C=O) groups excluding carboxylic acids is 2. The molecule has 1 aliphatic heterocycles. The molecule has 0 aliphatic carbocycles. The lowest BCUT2D eigenvalue weighted by Crippen LogP contribution is -2.49. The number of nitrogens with zero attached hydrogens (tertiary/aromatic N) is 3. The Bertz CT molecular complexity index is 1210. The second kappa shape index (κ2) is 11.4. The first-order valence-corrected chi connectivity index (χ1v) is 11.3. The molecule has 2 aromatic rings. The van der Waals surface area contributed by atoms with Crippen LogP contribution in [0.4, 0.5) is 4.79 Å². The number of ether oxygens (including phenoxy) is 1. The molecule has 2 heterocycles. The number of fused-ring (bicyclic) bond motifs is 1. The van der Waals surface area contributed by atoms with E-state index in [4.69, 9.17) is 9.84 Å². The van der Waals surface area contributed by atoms with Crippen LogP contribution in [-0.4, -0.2) is 64.4 Å². The zero-order chi connectivity index (χ0) is 25.5. The van der Waals surface area contributed by atoms with E-state index in [1.807, 2.05) is 13.0 Å². The summed E-state index contributed by atoms with van der Waals surface area (Å²) in [5, 5.41) is 16.4. The number of amides is 2. The lowest BCUT2D eigenvalue weighted by atomic mass is 10.1. The highest BCUT2D eigenvalue weighted by Gasteiger charge is 2.23. The molecule has 35 heavy (non-hydrogen) atoms. The molecular formula is C23H30N6O6. The molecule has 0 bridgehead atoms. The van der Waals surface area contributed by atoms with Gasteiger partial charge in [-0.25, -0.2) is 9.80 Å². The summed E-state index contributed by atoms with van der Waals surface area (Å²) >= 11 is 0. The number of aryl methyl sites for hydroxylation is 1. The highest BCUT2D eigenvalue weighted by atomic mass is 16.6. The quantitative estimate of drug-likeness (QED) is 0.402. The van der Waals surface area contributed by atoms with Crippen LogP contribution in [0.2, 0.25) is 0 Å². The molecule has 4 N–H and O–H groups in total. The van der Waals surface area contributed by atoms with E-state index in [0.29, 0.717) is 23.9 Å². The second-order valence-corrected chi connectivity index (χ2v) is 8.18. The highest BCUT2D eigenvalue weighted by Crippen LogP contribution is 2.14. The van der Waals surface area contributed by atoms with E-state index in [-0.39, 0.29) is 12.1 Å². The molecule has 3 rings (SSSR count). The number of aliphatic carboxylic acids is 1. The van der Waals surface area contributed by atoms with E-state index < -0.39 is 35.9 Å². The van der Waals surface area contributed by atoms with E-state index in [1.165, 1.54) is 6.20 Å². The predicted molar refractivity (Wildman–Crippen MR) is 129 cm³/mol. The lowest BCUT2D eigenvalue weighted by molar-refractivity contribution is -0.137. The smallest absolute Gasteiger partial charge is 0.428 e. The Labute approximate surface area is 201 Å². The minimum Gasteiger partial charge on any atom is -0.481 e. The normalized spacial score (nSPS) is 13.5. The first-order chi connectivity index (χ1) is 16.7. The van der Waals surface area contributed by atoms with Gasteiger partial charge in [-0.1, -0.05) is 13.0 Å². The third kappa shape index (κ3) is 6.49. The van der Waals surface area contributed by atoms with E-state index >= 15 is 0 Å². The molecule has 12 heteroatoms. The maximum atomic E-state index is 13.1. The molecule has 1 aliphatic rings. The van der Waals surface area contributed by atoms with Crippen LogP contribution in [0.25, 0.3) is 10.9 Å². The number of guanidine groups is 1. The Balaban J connectivity index is 1.82. The van der Waals surface area contributed by atoms with E-state index in [2.05, 4.69) is 21.1 Å². The van der Waals surface area contributed by atoms with Gasteiger partial charge in [0.15, 0.2) is 5.96 Å². The summed E-state index contributed by atoms with van der Waals surface area (Å²) in [5.41, 5.74) is 3.19. The summed E-state index contributed by atoms with van der Waals surface area (Å²) in [6.45, 7) is 5.20. The van der Waals surface area contributed by atoms with Crippen LogP contribution in [-0.2, 0) is 23.1 Å². The summed E-state index contributed by atoms with van der Waals surface area (Å²) in [5.74, 6) is -1.26. The second-order valence-electron chi connectivity index (χ2n) is 8.18. The van der Waals surface area contributed by atoms with E-state index in [0.717, 1.165) is 29.6 Å². The molecule has 1 aromatic heterocycles. The fourth-order valence-corrected chi connectivity index (χ4v) is 3.40. The maximum absolute atomic E-state index is 13.1. The number of carboxylic acid groups (broad SMARTS) is 1. The number of pyridine rings is 1. The summed E-state index contributed by atoms with van der Waals surface area (Å²) < 4.78 is 6.86. The van der Waals surface area contributed by atoms with Crippen molar-refractivity contribution < 1.29 is 24.2 Å². The molecule has 188 valence electrons. The topological polar surface area (TPSA) is 154 Å². The van der Waals surface area contributed by atoms with Crippen molar-refractivity contribution in [2.24, 2.45) is 12.0 Å². The van der Waals surface area contributed by atoms with Crippen LogP contribution in [0.1, 0.15) is 42.6 Å². The number of aliphatic imine (C=N–C) groups is 1. The van der Waals surface area contributed by atoms with E-state index in [9.17, 15) is 19.2 Å². The van der Waals surface area contributed by atoms with Crippen molar-refractivity contribution >= 4 is 34.8 Å². The predicted octanol–water partition coefficient (Wildman–Crippen LogP) is 0.944. The van der Waals surface area contributed by atoms with Gasteiger partial charge in [0.2, 0.25) is 5.43 Å². The Hall–Kier alpha value is -4.09. The average molecular weight is 487 g/mol. The summed E-state index contributed by atoms with van der Waals surface area (Å²) in [6.07, 6.45) is 0.185. The van der Waals surface area contributed by atoms with Gasteiger partial charge in [-0.15, -0.1) is 0 Å². The number of nitrogens with one attached hydrogen (secondary N) is 3. The van der Waals surface area contributed by atoms with Crippen molar-refractivity contribution in [2.75, 3.05) is 19.6 Å². The van der Waals surface area contributed by atoms with Crippen molar-refractivity contribution in [2.45, 2.75) is 39.3 Å². The van der Waals surface area contributed by atoms with Gasteiger partial charge < -0.3 is 25.0 Å². The van der Waals surface area contributed by atoms with Crippen LogP contribution < -0.4 is 21.5 Å². The number of carboxylic acids is 1. The molecular weight excluding hydrogens is 456 g/mol. The molecule has 1 unspecified atom stereocenters. The van der Waals surface area contributed by atoms with Crippen molar-refractivity contribution in [1.29, 1.82) is 0 Å². The molecule has 1 aromatic carbocycles. The summed E-state index contributed by atoms with van der Waals surface area (Å²) in [7, 11) is 1.71. The van der Waals surface area contributed by atoms with Crippen LogP contribution in [0, 0.1) is 0 Å². The molecule has 12 nitrogen and oxygen atoms in total. The maximum Gasteiger partial charge on any atom is 0.428 e. The van der Waals surface area contributed by atoms with Gasteiger partial charge in [0, 0.05) is 31.7 Å². The van der Waals surface area contributed by atoms with Crippen molar-refractivity contribution in [3.05, 3.63) is 45.7 Å². The third-order valence-corrected chi connectivity index (χ3v) is 5.52. The fraction of sp³-hybridized carbons (Fsp3) is 0.435. The van der Waals surface area contributed by atoms with Gasteiger partial charge in [0.05, 0.1) is 25.0 Å². The average Bonchev–Trinajstić information content (AvgIpc) is 3.35. The number of rotatable bonds is 8. The van der Waals surface area contributed by atoms with Gasteiger partial charge in [-0.3, -0.25) is 24.8 Å². The molecule has 0 fully saturated rings. The van der Waals surface area contributed by atoms with Crippen molar-refractivity contribution in [3.63, 3.8) is 0 Å². The van der Waals surface area contributed by atoms with Gasteiger partial charge in [0.1, 0.15) is 11.7 Å². The fourth-order valence-electron chi connectivity index (χ4n) is 3.40. The lowest BCUT2D eigenvalue weighted by Gasteiger charge is -2.24. The van der Waals surface area contributed by atoms with Crippen LogP contribution >= 0.6 is 0 Å². The summed E-state index contributed by atoms with van der Waals surface area (Å²) in [4.78, 5) is 53.8. The van der Waals surface area contributed by atoms with Crippen molar-refractivity contribution in [1.82, 2.24) is 25.6 Å². The Kier molecular flexibility index (Phi) is 8.29. The number of aromatic nitrogens is 1. The van der Waals surface area contributed by atoms with Crippen LogP contribution in [0.3, 0.4) is 0 Å². The van der Waals surface area contributed by atoms with Crippen LogP contribution in [0.15, 0.2) is 34.2 Å². The van der Waals surface area contributed by atoms with Gasteiger partial charge in [-0.05, 0) is 31.0 Å². The standard InChI is InChI=1S/C23H30N6O6/c1-4-14(2)35-23(34)29(10-7-19(30)31)27-21(33)17-13-28(3)18-11-15(5-6-16(18)20(17)32)12-26-22-24-8-9-25-22/h5-6,11,13-14H,4,7-10,12H2,1-3H3,(H,27,33)(H,30,31)(H2,24,25,26).